The van der Waals surface area contributed by atoms with Crippen molar-refractivity contribution in [3.05, 3.63) is 65.7 Å². The summed E-state index contributed by atoms with van der Waals surface area (Å²) in [5.41, 5.74) is 1.69. The summed E-state index contributed by atoms with van der Waals surface area (Å²) in [6.07, 6.45) is 0.971. The maximum atomic E-state index is 13.7. The average Bonchev–Trinajstić information content (AvgIpc) is 3.02. The van der Waals surface area contributed by atoms with Crippen LogP contribution in [0.25, 0.3) is 11.0 Å². The van der Waals surface area contributed by atoms with Gasteiger partial charge in [-0.2, -0.15) is 0 Å². The molecule has 2 aromatic carbocycles. The van der Waals surface area contributed by atoms with Gasteiger partial charge in [0.1, 0.15) is 18.2 Å². The highest BCUT2D eigenvalue weighted by molar-refractivity contribution is 5.94. The standard InChI is InChI=1S/C22H24FN3O3/c1-15(2)29-21(27)14-26-19-11-6-5-10-18(19)25-20(26)12-7-13-24-22(28)16-8-3-4-9-17(16)23/h3-6,8-11,15H,7,12-14H2,1-2H3,(H,24,28). The van der Waals surface area contributed by atoms with Gasteiger partial charge in [0.05, 0.1) is 22.7 Å². The predicted octanol–water partition coefficient (Wildman–Crippen LogP) is 3.49. The lowest BCUT2D eigenvalue weighted by molar-refractivity contribution is -0.148. The molecule has 0 radical (unpaired) electrons. The summed E-state index contributed by atoms with van der Waals surface area (Å²) < 4.78 is 20.8. The molecule has 0 saturated heterocycles. The van der Waals surface area contributed by atoms with E-state index in [0.29, 0.717) is 19.4 Å². The van der Waals surface area contributed by atoms with Gasteiger partial charge in [-0.15, -0.1) is 0 Å². The van der Waals surface area contributed by atoms with Gasteiger partial charge < -0.3 is 14.6 Å². The summed E-state index contributed by atoms with van der Waals surface area (Å²) in [7, 11) is 0. The third-order valence-electron chi connectivity index (χ3n) is 4.37. The number of imidazole rings is 1. The monoisotopic (exact) mass is 397 g/mol. The fourth-order valence-electron chi connectivity index (χ4n) is 3.11. The molecular formula is C22H24FN3O3. The highest BCUT2D eigenvalue weighted by Crippen LogP contribution is 2.17. The highest BCUT2D eigenvalue weighted by atomic mass is 19.1. The van der Waals surface area contributed by atoms with Gasteiger partial charge in [-0.1, -0.05) is 24.3 Å². The number of para-hydroxylation sites is 2. The molecule has 0 aliphatic carbocycles. The first-order valence-corrected chi connectivity index (χ1v) is 9.62. The van der Waals surface area contributed by atoms with Crippen molar-refractivity contribution in [3.8, 4) is 0 Å². The van der Waals surface area contributed by atoms with Gasteiger partial charge >= 0.3 is 5.97 Å². The lowest BCUT2D eigenvalue weighted by Crippen LogP contribution is -2.26. The van der Waals surface area contributed by atoms with Gasteiger partial charge in [0, 0.05) is 13.0 Å². The van der Waals surface area contributed by atoms with Crippen molar-refractivity contribution < 1.29 is 18.7 Å². The molecule has 1 N–H and O–H groups in total. The Morgan fingerprint density at radius 1 is 1.14 bits per heavy atom. The Morgan fingerprint density at radius 3 is 2.62 bits per heavy atom. The molecule has 1 amide bonds. The van der Waals surface area contributed by atoms with E-state index in [4.69, 9.17) is 4.74 Å². The van der Waals surface area contributed by atoms with E-state index >= 15 is 0 Å². The van der Waals surface area contributed by atoms with Crippen LogP contribution in [0.15, 0.2) is 48.5 Å². The zero-order valence-corrected chi connectivity index (χ0v) is 16.5. The molecule has 152 valence electrons. The first kappa shape index (κ1) is 20.5. The molecule has 1 aromatic heterocycles. The summed E-state index contributed by atoms with van der Waals surface area (Å²) >= 11 is 0. The van der Waals surface area contributed by atoms with E-state index in [1.807, 2.05) is 42.7 Å². The van der Waals surface area contributed by atoms with E-state index in [9.17, 15) is 14.0 Å². The van der Waals surface area contributed by atoms with E-state index in [2.05, 4.69) is 10.3 Å². The number of rotatable bonds is 8. The number of amides is 1. The zero-order valence-electron chi connectivity index (χ0n) is 16.5. The van der Waals surface area contributed by atoms with Crippen LogP contribution in [-0.2, 0) is 22.5 Å². The summed E-state index contributed by atoms with van der Waals surface area (Å²) in [6, 6.07) is 13.5. The van der Waals surface area contributed by atoms with E-state index in [1.54, 1.807) is 12.1 Å². The van der Waals surface area contributed by atoms with Crippen molar-refractivity contribution in [1.29, 1.82) is 0 Å². The average molecular weight is 397 g/mol. The number of aryl methyl sites for hydroxylation is 1. The van der Waals surface area contributed by atoms with Crippen LogP contribution in [0.1, 0.15) is 36.5 Å². The molecule has 0 atom stereocenters. The first-order valence-electron chi connectivity index (χ1n) is 9.62. The van der Waals surface area contributed by atoms with Gasteiger partial charge in [-0.3, -0.25) is 9.59 Å². The summed E-state index contributed by atoms with van der Waals surface area (Å²) in [5, 5.41) is 2.72. The van der Waals surface area contributed by atoms with Gasteiger partial charge in [0.15, 0.2) is 0 Å². The Bertz CT molecular complexity index is 1010. The van der Waals surface area contributed by atoms with Crippen LogP contribution in [0.3, 0.4) is 0 Å². The maximum Gasteiger partial charge on any atom is 0.326 e. The Balaban J connectivity index is 1.65. The summed E-state index contributed by atoms with van der Waals surface area (Å²) in [4.78, 5) is 28.9. The molecule has 0 aliphatic heterocycles. The van der Waals surface area contributed by atoms with Crippen LogP contribution in [0.4, 0.5) is 4.39 Å². The third-order valence-corrected chi connectivity index (χ3v) is 4.37. The molecule has 0 unspecified atom stereocenters. The topological polar surface area (TPSA) is 73.2 Å². The normalized spacial score (nSPS) is 11.0. The number of benzene rings is 2. The second kappa shape index (κ2) is 9.32. The molecule has 1 heterocycles. The Labute approximate surface area is 168 Å². The number of carbonyl (C=O) groups excluding carboxylic acids is 2. The SMILES string of the molecule is CC(C)OC(=O)Cn1c(CCCNC(=O)c2ccccc2F)nc2ccccc21. The number of nitrogens with zero attached hydrogens (tertiary/aromatic N) is 2. The maximum absolute atomic E-state index is 13.7. The second-order valence-corrected chi connectivity index (χ2v) is 6.98. The smallest absolute Gasteiger partial charge is 0.326 e. The molecule has 6 nitrogen and oxygen atoms in total. The number of fused-ring (bicyclic) bond motifs is 1. The number of esters is 1. The molecule has 0 aliphatic rings. The van der Waals surface area contributed by atoms with E-state index in [-0.39, 0.29) is 24.2 Å². The lowest BCUT2D eigenvalue weighted by Gasteiger charge is -2.11. The van der Waals surface area contributed by atoms with Crippen molar-refractivity contribution in [2.45, 2.75) is 39.3 Å². The Morgan fingerprint density at radius 2 is 1.86 bits per heavy atom. The fourth-order valence-corrected chi connectivity index (χ4v) is 3.11. The molecule has 0 fully saturated rings. The molecule has 3 rings (SSSR count). The summed E-state index contributed by atoms with van der Waals surface area (Å²) in [5.74, 6) is -0.572. The van der Waals surface area contributed by atoms with Crippen molar-refractivity contribution in [3.63, 3.8) is 0 Å². The molecule has 0 saturated carbocycles. The van der Waals surface area contributed by atoms with Crippen LogP contribution in [-0.4, -0.2) is 34.1 Å². The third kappa shape index (κ3) is 5.19. The summed E-state index contributed by atoms with van der Waals surface area (Å²) in [6.45, 7) is 4.06. The number of ether oxygens (including phenoxy) is 1. The minimum atomic E-state index is -0.546. The van der Waals surface area contributed by atoms with Crippen LogP contribution >= 0.6 is 0 Å². The van der Waals surface area contributed by atoms with Crippen LogP contribution < -0.4 is 5.32 Å². The van der Waals surface area contributed by atoms with Gasteiger partial charge in [0.2, 0.25) is 0 Å². The largest absolute Gasteiger partial charge is 0.462 e. The predicted molar refractivity (Wildman–Crippen MR) is 108 cm³/mol. The highest BCUT2D eigenvalue weighted by Gasteiger charge is 2.15. The van der Waals surface area contributed by atoms with Crippen molar-refractivity contribution in [2.75, 3.05) is 6.54 Å². The van der Waals surface area contributed by atoms with Gasteiger partial charge in [0.25, 0.3) is 5.91 Å². The van der Waals surface area contributed by atoms with Gasteiger partial charge in [-0.05, 0) is 44.5 Å². The molecule has 3 aromatic rings. The number of hydrogen-bond donors (Lipinski definition) is 1. The Kier molecular flexibility index (Phi) is 6.59. The number of aromatic nitrogens is 2. The van der Waals surface area contributed by atoms with Crippen LogP contribution in [0.5, 0.6) is 0 Å². The Hall–Kier alpha value is -3.22. The van der Waals surface area contributed by atoms with Crippen LogP contribution in [0.2, 0.25) is 0 Å². The lowest BCUT2D eigenvalue weighted by atomic mass is 10.2. The van der Waals surface area contributed by atoms with Crippen LogP contribution in [0, 0.1) is 5.82 Å². The minimum absolute atomic E-state index is 0.0242. The van der Waals surface area contributed by atoms with Crippen molar-refractivity contribution >= 4 is 22.9 Å². The fraction of sp³-hybridized carbons (Fsp3) is 0.318. The number of carbonyl (C=O) groups is 2. The number of hydrogen-bond acceptors (Lipinski definition) is 4. The number of nitrogens with one attached hydrogen (secondary N) is 1. The van der Waals surface area contributed by atoms with Crippen molar-refractivity contribution in [1.82, 2.24) is 14.9 Å². The van der Waals surface area contributed by atoms with E-state index < -0.39 is 11.7 Å². The molecule has 7 heteroatoms. The zero-order chi connectivity index (χ0) is 20.8. The molecule has 29 heavy (non-hydrogen) atoms. The minimum Gasteiger partial charge on any atom is -0.462 e. The number of halogens is 1. The van der Waals surface area contributed by atoms with E-state index in [1.165, 1.54) is 12.1 Å². The quantitative estimate of drug-likeness (QED) is 0.466. The van der Waals surface area contributed by atoms with E-state index in [0.717, 1.165) is 16.9 Å². The molecule has 0 spiro atoms. The molecular weight excluding hydrogens is 373 g/mol. The van der Waals surface area contributed by atoms with Gasteiger partial charge in [-0.25, -0.2) is 9.37 Å². The first-order chi connectivity index (χ1) is 14.0. The molecule has 0 bridgehead atoms. The van der Waals surface area contributed by atoms with Crippen molar-refractivity contribution in [2.24, 2.45) is 0 Å². The second-order valence-electron chi connectivity index (χ2n) is 6.98.